The van der Waals surface area contributed by atoms with Crippen LogP contribution in [0, 0.1) is 0 Å². The van der Waals surface area contributed by atoms with Crippen LogP contribution >= 0.6 is 0 Å². The third kappa shape index (κ3) is 3.73. The molecule has 124 valence electrons. The van der Waals surface area contributed by atoms with Gasteiger partial charge >= 0.3 is 0 Å². The van der Waals surface area contributed by atoms with Crippen LogP contribution in [-0.4, -0.2) is 34.9 Å². The number of rotatable bonds is 6. The number of hydrogen-bond donors (Lipinski definition) is 1. The Balaban J connectivity index is 2.32. The second-order valence-corrected chi connectivity index (χ2v) is 9.36. The second kappa shape index (κ2) is 6.45. The van der Waals surface area contributed by atoms with E-state index in [1.807, 2.05) is 0 Å². The first kappa shape index (κ1) is 17.1. The number of anilines is 2. The fourth-order valence-electron chi connectivity index (χ4n) is 2.57. The highest BCUT2D eigenvalue weighted by Crippen LogP contribution is 2.32. The number of nitrogens with one attached hydrogen (secondary N) is 1. The topological polar surface area (TPSA) is 83.6 Å². The van der Waals surface area contributed by atoms with Crippen molar-refractivity contribution in [3.63, 3.8) is 0 Å². The number of fused-ring (bicyclic) bond motifs is 1. The van der Waals surface area contributed by atoms with Crippen LogP contribution in [0.2, 0.25) is 0 Å². The normalized spacial score (nSPS) is 15.5. The van der Waals surface area contributed by atoms with Gasteiger partial charge in [0.15, 0.2) is 0 Å². The highest BCUT2D eigenvalue weighted by Gasteiger charge is 2.26. The molecule has 2 rings (SSSR count). The molecule has 1 aromatic carbocycles. The van der Waals surface area contributed by atoms with Crippen molar-refractivity contribution in [3.05, 3.63) is 23.8 Å². The van der Waals surface area contributed by atoms with Gasteiger partial charge in [-0.3, -0.25) is 9.03 Å². The van der Waals surface area contributed by atoms with E-state index in [4.69, 9.17) is 0 Å². The maximum absolute atomic E-state index is 12.1. The van der Waals surface area contributed by atoms with Crippen molar-refractivity contribution in [1.29, 1.82) is 0 Å². The second-order valence-electron chi connectivity index (χ2n) is 5.34. The van der Waals surface area contributed by atoms with Crippen LogP contribution in [0.15, 0.2) is 18.2 Å². The van der Waals surface area contributed by atoms with Crippen LogP contribution in [-0.2, 0) is 26.5 Å². The van der Waals surface area contributed by atoms with Crippen molar-refractivity contribution in [2.45, 2.75) is 33.1 Å². The Morgan fingerprint density at radius 2 is 1.91 bits per heavy atom. The summed E-state index contributed by atoms with van der Waals surface area (Å²) in [5.41, 5.74) is 2.01. The smallest absolute Gasteiger partial charge is 0.234 e. The molecular formula is C14H22N2O4S2. The van der Waals surface area contributed by atoms with Gasteiger partial charge in [-0.2, -0.15) is 0 Å². The van der Waals surface area contributed by atoms with Crippen molar-refractivity contribution in [2.24, 2.45) is 0 Å². The fourth-order valence-corrected chi connectivity index (χ4v) is 4.89. The van der Waals surface area contributed by atoms with Crippen molar-refractivity contribution in [1.82, 2.24) is 0 Å². The lowest BCUT2D eigenvalue weighted by molar-refractivity contribution is 0.587. The van der Waals surface area contributed by atoms with Crippen LogP contribution in [0.5, 0.6) is 0 Å². The van der Waals surface area contributed by atoms with E-state index in [-0.39, 0.29) is 11.5 Å². The van der Waals surface area contributed by atoms with Crippen LogP contribution < -0.4 is 9.03 Å². The first-order chi connectivity index (χ1) is 10.3. The van der Waals surface area contributed by atoms with Gasteiger partial charge in [-0.05, 0) is 49.9 Å². The molecule has 6 nitrogen and oxygen atoms in total. The van der Waals surface area contributed by atoms with Gasteiger partial charge in [0.1, 0.15) is 0 Å². The van der Waals surface area contributed by atoms with Crippen molar-refractivity contribution in [2.75, 3.05) is 27.1 Å². The first-order valence-electron chi connectivity index (χ1n) is 7.43. The Hall–Kier alpha value is -1.28. The molecule has 1 aromatic rings. The summed E-state index contributed by atoms with van der Waals surface area (Å²) in [5.74, 6) is 0.123. The zero-order valence-electron chi connectivity index (χ0n) is 12.9. The zero-order valence-corrected chi connectivity index (χ0v) is 14.5. The molecular weight excluding hydrogens is 324 g/mol. The highest BCUT2D eigenvalue weighted by molar-refractivity contribution is 7.93. The van der Waals surface area contributed by atoms with Crippen LogP contribution in [0.1, 0.15) is 32.3 Å². The summed E-state index contributed by atoms with van der Waals surface area (Å²) < 4.78 is 51.9. The van der Waals surface area contributed by atoms with E-state index in [1.165, 1.54) is 4.31 Å². The molecule has 0 aromatic heterocycles. The summed E-state index contributed by atoms with van der Waals surface area (Å²) in [5, 5.41) is 0. The SMILES string of the molecule is CCCS(=O)(=O)Nc1ccc2c(c1)CCCN2S(=O)(=O)CC. The van der Waals surface area contributed by atoms with Gasteiger partial charge < -0.3 is 0 Å². The Bertz CT molecular complexity index is 742. The van der Waals surface area contributed by atoms with Crippen LogP contribution in [0.4, 0.5) is 11.4 Å². The Morgan fingerprint density at radius 3 is 2.55 bits per heavy atom. The molecule has 0 fully saturated rings. The largest absolute Gasteiger partial charge is 0.284 e. The molecule has 0 saturated carbocycles. The number of nitrogens with zero attached hydrogens (tertiary/aromatic N) is 1. The minimum absolute atomic E-state index is 0.0529. The Kier molecular flexibility index (Phi) is 5.01. The molecule has 1 heterocycles. The number of hydrogen-bond acceptors (Lipinski definition) is 4. The molecule has 0 radical (unpaired) electrons. The molecule has 22 heavy (non-hydrogen) atoms. The lowest BCUT2D eigenvalue weighted by Gasteiger charge is -2.30. The minimum atomic E-state index is -3.34. The molecule has 0 amide bonds. The monoisotopic (exact) mass is 346 g/mol. The molecule has 8 heteroatoms. The van der Waals surface area contributed by atoms with E-state index in [9.17, 15) is 16.8 Å². The summed E-state index contributed by atoms with van der Waals surface area (Å²) in [7, 11) is -6.64. The van der Waals surface area contributed by atoms with Gasteiger partial charge in [0.2, 0.25) is 20.0 Å². The predicted molar refractivity (Wildman–Crippen MR) is 89.3 cm³/mol. The van der Waals surface area contributed by atoms with Crippen molar-refractivity contribution in [3.8, 4) is 0 Å². The highest BCUT2D eigenvalue weighted by atomic mass is 32.2. The van der Waals surface area contributed by atoms with Crippen LogP contribution in [0.3, 0.4) is 0 Å². The molecule has 1 aliphatic heterocycles. The lowest BCUT2D eigenvalue weighted by Crippen LogP contribution is -2.36. The summed E-state index contributed by atoms with van der Waals surface area (Å²) >= 11 is 0. The van der Waals surface area contributed by atoms with E-state index < -0.39 is 20.0 Å². The summed E-state index contributed by atoms with van der Waals surface area (Å²) in [4.78, 5) is 0. The summed E-state index contributed by atoms with van der Waals surface area (Å²) in [6.45, 7) is 3.90. The molecule has 0 saturated heterocycles. The molecule has 0 spiro atoms. The average Bonchev–Trinajstić information content (AvgIpc) is 2.45. The van der Waals surface area contributed by atoms with Gasteiger partial charge in [0, 0.05) is 12.2 Å². The average molecular weight is 346 g/mol. The lowest BCUT2D eigenvalue weighted by atomic mass is 10.0. The molecule has 1 aliphatic rings. The van der Waals surface area contributed by atoms with Crippen molar-refractivity contribution < 1.29 is 16.8 Å². The van der Waals surface area contributed by atoms with Gasteiger partial charge in [0.05, 0.1) is 17.2 Å². The predicted octanol–water partition coefficient (Wildman–Crippen LogP) is 1.94. The van der Waals surface area contributed by atoms with Crippen molar-refractivity contribution >= 4 is 31.4 Å². The molecule has 0 aliphatic carbocycles. The minimum Gasteiger partial charge on any atom is -0.284 e. The first-order valence-corrected chi connectivity index (χ1v) is 10.7. The number of aryl methyl sites for hydroxylation is 1. The van der Waals surface area contributed by atoms with E-state index in [0.29, 0.717) is 24.3 Å². The quantitative estimate of drug-likeness (QED) is 0.853. The Labute approximate surface area is 132 Å². The Morgan fingerprint density at radius 1 is 1.18 bits per heavy atom. The third-order valence-corrected chi connectivity index (χ3v) is 6.88. The molecule has 0 bridgehead atoms. The van der Waals surface area contributed by atoms with E-state index in [0.717, 1.165) is 18.4 Å². The van der Waals surface area contributed by atoms with Gasteiger partial charge in [-0.25, -0.2) is 16.8 Å². The molecule has 1 N–H and O–H groups in total. The third-order valence-electron chi connectivity index (χ3n) is 3.60. The summed E-state index contributed by atoms with van der Waals surface area (Å²) in [6.07, 6.45) is 2.02. The van der Waals surface area contributed by atoms with E-state index >= 15 is 0 Å². The standard InChI is InChI=1S/C14H22N2O4S2/c1-3-10-21(17,18)15-13-7-8-14-12(11-13)6-5-9-16(14)22(19,20)4-2/h7-8,11,15H,3-6,9-10H2,1-2H3. The summed E-state index contributed by atoms with van der Waals surface area (Å²) in [6, 6.07) is 5.04. The van der Waals surface area contributed by atoms with Gasteiger partial charge in [-0.15, -0.1) is 0 Å². The van der Waals surface area contributed by atoms with E-state index in [1.54, 1.807) is 32.0 Å². The fraction of sp³-hybridized carbons (Fsp3) is 0.571. The van der Waals surface area contributed by atoms with E-state index in [2.05, 4.69) is 4.72 Å². The maximum Gasteiger partial charge on any atom is 0.234 e. The van der Waals surface area contributed by atoms with Crippen LogP contribution in [0.25, 0.3) is 0 Å². The zero-order chi connectivity index (χ0) is 16.4. The molecule has 0 atom stereocenters. The van der Waals surface area contributed by atoms with Gasteiger partial charge in [0.25, 0.3) is 0 Å². The van der Waals surface area contributed by atoms with Gasteiger partial charge in [-0.1, -0.05) is 6.92 Å². The maximum atomic E-state index is 12.1. The number of sulfonamides is 2. The molecule has 0 unspecified atom stereocenters. The number of benzene rings is 1.